The second-order valence-electron chi connectivity index (χ2n) is 4.73. The zero-order chi connectivity index (χ0) is 14.5. The third-order valence-electron chi connectivity index (χ3n) is 3.29. The molecule has 0 saturated heterocycles. The summed E-state index contributed by atoms with van der Waals surface area (Å²) in [4.78, 5) is 16.1. The molecule has 0 saturated carbocycles. The summed E-state index contributed by atoms with van der Waals surface area (Å²) in [6.45, 7) is 4.06. The zero-order valence-corrected chi connectivity index (χ0v) is 11.8. The van der Waals surface area contributed by atoms with Crippen molar-refractivity contribution in [3.63, 3.8) is 0 Å². The number of benzene rings is 1. The van der Waals surface area contributed by atoms with Crippen LogP contribution in [-0.2, 0) is 6.42 Å². The minimum Gasteiger partial charge on any atom is -0.397 e. The van der Waals surface area contributed by atoms with Gasteiger partial charge in [0.1, 0.15) is 0 Å². The summed E-state index contributed by atoms with van der Waals surface area (Å²) in [5.41, 5.74) is 8.75. The van der Waals surface area contributed by atoms with Crippen LogP contribution in [0.15, 0.2) is 42.6 Å². The molecule has 1 amide bonds. The topological polar surface area (TPSA) is 68.0 Å². The molecule has 0 bridgehead atoms. The highest BCUT2D eigenvalue weighted by Gasteiger charge is 2.14. The fourth-order valence-electron chi connectivity index (χ4n) is 2.00. The molecule has 1 heterocycles. The normalized spacial score (nSPS) is 11.9. The first-order valence-electron chi connectivity index (χ1n) is 6.72. The molecular weight excluding hydrogens is 250 g/mol. The number of carbonyl (C=O) groups is 1. The second kappa shape index (κ2) is 6.19. The number of pyridine rings is 1. The van der Waals surface area contributed by atoms with Crippen LogP contribution in [0.1, 0.15) is 41.5 Å². The molecule has 1 aromatic carbocycles. The van der Waals surface area contributed by atoms with Crippen LogP contribution in [-0.4, -0.2) is 10.9 Å². The molecule has 0 spiro atoms. The number of carbonyl (C=O) groups excluding carboxylic acids is 1. The molecule has 1 atom stereocenters. The molecule has 3 N–H and O–H groups in total. The summed E-state index contributed by atoms with van der Waals surface area (Å²) >= 11 is 0. The third kappa shape index (κ3) is 3.15. The summed E-state index contributed by atoms with van der Waals surface area (Å²) in [5.74, 6) is -0.254. The highest BCUT2D eigenvalue weighted by atomic mass is 16.1. The first kappa shape index (κ1) is 14.1. The maximum Gasteiger partial charge on any atom is 0.272 e. The second-order valence-corrected chi connectivity index (χ2v) is 4.73. The van der Waals surface area contributed by atoms with Crippen LogP contribution in [0.2, 0.25) is 0 Å². The standard InChI is InChI=1S/C16H19N3O/c1-3-12-6-8-13(9-7-12)11(2)19-16(20)15-14(17)5-4-10-18-15/h4-11H,3,17H2,1-2H3,(H,19,20). The van der Waals surface area contributed by atoms with E-state index in [4.69, 9.17) is 5.73 Å². The van der Waals surface area contributed by atoms with E-state index < -0.39 is 0 Å². The molecule has 2 aromatic rings. The first-order chi connectivity index (χ1) is 9.61. The van der Waals surface area contributed by atoms with Crippen LogP contribution in [0.25, 0.3) is 0 Å². The van der Waals surface area contributed by atoms with Gasteiger partial charge in [0, 0.05) is 6.20 Å². The van der Waals surface area contributed by atoms with Crippen molar-refractivity contribution in [2.75, 3.05) is 5.73 Å². The van der Waals surface area contributed by atoms with Crippen molar-refractivity contribution in [1.82, 2.24) is 10.3 Å². The Morgan fingerprint density at radius 3 is 2.60 bits per heavy atom. The molecule has 0 aliphatic carbocycles. The van der Waals surface area contributed by atoms with E-state index in [1.807, 2.05) is 19.1 Å². The number of hydrogen-bond acceptors (Lipinski definition) is 3. The Hall–Kier alpha value is -2.36. The molecule has 0 aliphatic rings. The molecule has 20 heavy (non-hydrogen) atoms. The van der Waals surface area contributed by atoms with Crippen LogP contribution in [0.5, 0.6) is 0 Å². The van der Waals surface area contributed by atoms with Gasteiger partial charge >= 0.3 is 0 Å². The number of nitrogens with zero attached hydrogens (tertiary/aromatic N) is 1. The van der Waals surface area contributed by atoms with Crippen molar-refractivity contribution in [3.05, 3.63) is 59.4 Å². The number of nitrogens with two attached hydrogens (primary N) is 1. The van der Waals surface area contributed by atoms with Crippen molar-refractivity contribution >= 4 is 11.6 Å². The number of nitrogen functional groups attached to an aromatic ring is 1. The lowest BCUT2D eigenvalue weighted by molar-refractivity contribution is 0.0936. The Bertz CT molecular complexity index is 593. The van der Waals surface area contributed by atoms with Gasteiger partial charge in [0.2, 0.25) is 0 Å². The highest BCUT2D eigenvalue weighted by molar-refractivity contribution is 5.97. The van der Waals surface area contributed by atoms with Gasteiger partial charge in [-0.25, -0.2) is 4.98 Å². The number of aryl methyl sites for hydroxylation is 1. The predicted octanol–water partition coefficient (Wildman–Crippen LogP) is 2.72. The van der Waals surface area contributed by atoms with Crippen LogP contribution in [0.4, 0.5) is 5.69 Å². The highest BCUT2D eigenvalue weighted by Crippen LogP contribution is 2.15. The summed E-state index contributed by atoms with van der Waals surface area (Å²) in [6.07, 6.45) is 2.57. The maximum absolute atomic E-state index is 12.1. The van der Waals surface area contributed by atoms with Crippen LogP contribution in [0.3, 0.4) is 0 Å². The third-order valence-corrected chi connectivity index (χ3v) is 3.29. The van der Waals surface area contributed by atoms with Crippen molar-refractivity contribution in [1.29, 1.82) is 0 Å². The van der Waals surface area contributed by atoms with Crippen LogP contribution >= 0.6 is 0 Å². The van der Waals surface area contributed by atoms with E-state index in [9.17, 15) is 4.79 Å². The summed E-state index contributed by atoms with van der Waals surface area (Å²) in [6, 6.07) is 11.5. The van der Waals surface area contributed by atoms with Crippen molar-refractivity contribution in [2.24, 2.45) is 0 Å². The minimum atomic E-state index is -0.254. The average molecular weight is 269 g/mol. The lowest BCUT2D eigenvalue weighted by Gasteiger charge is -2.15. The van der Waals surface area contributed by atoms with E-state index in [1.165, 1.54) is 5.56 Å². The molecule has 0 radical (unpaired) electrons. The lowest BCUT2D eigenvalue weighted by Crippen LogP contribution is -2.28. The van der Waals surface area contributed by atoms with Gasteiger partial charge in [0.15, 0.2) is 5.69 Å². The number of nitrogens with one attached hydrogen (secondary N) is 1. The fraction of sp³-hybridized carbons (Fsp3) is 0.250. The largest absolute Gasteiger partial charge is 0.397 e. The van der Waals surface area contributed by atoms with Gasteiger partial charge in [-0.15, -0.1) is 0 Å². The molecule has 1 aromatic heterocycles. The maximum atomic E-state index is 12.1. The van der Waals surface area contributed by atoms with Crippen LogP contribution < -0.4 is 11.1 Å². The SMILES string of the molecule is CCc1ccc(C(C)NC(=O)c2ncccc2N)cc1. The van der Waals surface area contributed by atoms with Gasteiger partial charge in [-0.1, -0.05) is 31.2 Å². The first-order valence-corrected chi connectivity index (χ1v) is 6.72. The molecule has 4 heteroatoms. The van der Waals surface area contributed by atoms with Gasteiger partial charge in [0.05, 0.1) is 11.7 Å². The molecule has 104 valence electrons. The number of anilines is 1. The number of amides is 1. The lowest BCUT2D eigenvalue weighted by atomic mass is 10.0. The molecule has 0 aliphatic heterocycles. The fourth-order valence-corrected chi connectivity index (χ4v) is 2.00. The summed E-state index contributed by atoms with van der Waals surface area (Å²) in [7, 11) is 0. The Balaban J connectivity index is 2.09. The monoisotopic (exact) mass is 269 g/mol. The van der Waals surface area contributed by atoms with Gasteiger partial charge in [-0.2, -0.15) is 0 Å². The molecule has 2 rings (SSSR count). The molecular formula is C16H19N3O. The summed E-state index contributed by atoms with van der Waals surface area (Å²) in [5, 5.41) is 2.91. The van der Waals surface area contributed by atoms with Crippen molar-refractivity contribution in [2.45, 2.75) is 26.3 Å². The molecule has 4 nitrogen and oxygen atoms in total. The smallest absolute Gasteiger partial charge is 0.272 e. The molecule has 1 unspecified atom stereocenters. The van der Waals surface area contributed by atoms with E-state index in [2.05, 4.69) is 29.4 Å². The summed E-state index contributed by atoms with van der Waals surface area (Å²) < 4.78 is 0. The predicted molar refractivity (Wildman–Crippen MR) is 80.4 cm³/mol. The number of aromatic nitrogens is 1. The van der Waals surface area contributed by atoms with Gasteiger partial charge in [-0.3, -0.25) is 4.79 Å². The van der Waals surface area contributed by atoms with Gasteiger partial charge < -0.3 is 11.1 Å². The van der Waals surface area contributed by atoms with E-state index in [-0.39, 0.29) is 17.6 Å². The average Bonchev–Trinajstić information content (AvgIpc) is 2.47. The van der Waals surface area contributed by atoms with E-state index >= 15 is 0 Å². The van der Waals surface area contributed by atoms with Gasteiger partial charge in [0.25, 0.3) is 5.91 Å². The Labute approximate surface area is 119 Å². The van der Waals surface area contributed by atoms with Crippen LogP contribution in [0, 0.1) is 0 Å². The van der Waals surface area contributed by atoms with E-state index in [1.54, 1.807) is 18.3 Å². The quantitative estimate of drug-likeness (QED) is 0.896. The Morgan fingerprint density at radius 2 is 2.00 bits per heavy atom. The van der Waals surface area contributed by atoms with E-state index in [0.29, 0.717) is 5.69 Å². The van der Waals surface area contributed by atoms with Crippen molar-refractivity contribution < 1.29 is 4.79 Å². The zero-order valence-electron chi connectivity index (χ0n) is 11.8. The Morgan fingerprint density at radius 1 is 1.30 bits per heavy atom. The van der Waals surface area contributed by atoms with Gasteiger partial charge in [-0.05, 0) is 36.6 Å². The van der Waals surface area contributed by atoms with E-state index in [0.717, 1.165) is 12.0 Å². The Kier molecular flexibility index (Phi) is 4.35. The minimum absolute atomic E-state index is 0.0881. The molecule has 0 fully saturated rings. The number of rotatable bonds is 4. The van der Waals surface area contributed by atoms with Crippen molar-refractivity contribution in [3.8, 4) is 0 Å². The number of hydrogen-bond donors (Lipinski definition) is 2.